The highest BCUT2D eigenvalue weighted by Gasteiger charge is 2.16. The molecule has 1 unspecified atom stereocenters. The highest BCUT2D eigenvalue weighted by atomic mass is 32.2. The lowest BCUT2D eigenvalue weighted by atomic mass is 10.1. The third-order valence-electron chi connectivity index (χ3n) is 3.92. The van der Waals surface area contributed by atoms with Crippen LogP contribution in [0.1, 0.15) is 35.8 Å². The normalized spacial score (nSPS) is 12.5. The maximum atomic E-state index is 12.3. The predicted octanol–water partition coefficient (Wildman–Crippen LogP) is 2.96. The summed E-state index contributed by atoms with van der Waals surface area (Å²) in [5.41, 5.74) is 2.05. The lowest BCUT2D eigenvalue weighted by molar-refractivity contribution is 0.0940. The minimum absolute atomic E-state index is 0.0281. The average molecular weight is 346 g/mol. The number of rotatable bonds is 6. The molecule has 0 aliphatic carbocycles. The molecule has 0 fully saturated rings. The van der Waals surface area contributed by atoms with Crippen molar-refractivity contribution < 1.29 is 13.2 Å². The number of nitrogens with one attached hydrogen (secondary N) is 1. The van der Waals surface area contributed by atoms with Gasteiger partial charge in [0.1, 0.15) is 0 Å². The molecule has 6 heteroatoms. The Morgan fingerprint density at radius 3 is 2.21 bits per heavy atom. The maximum absolute atomic E-state index is 12.3. The summed E-state index contributed by atoms with van der Waals surface area (Å²) in [6.07, 6.45) is 0. The Hall–Kier alpha value is -2.34. The van der Waals surface area contributed by atoms with Gasteiger partial charge >= 0.3 is 0 Å². The molecule has 2 aromatic carbocycles. The lowest BCUT2D eigenvalue weighted by Crippen LogP contribution is -2.28. The second-order valence-electron chi connectivity index (χ2n) is 5.52. The number of carbonyl (C=O) groups excluding carboxylic acids is 1. The van der Waals surface area contributed by atoms with E-state index in [2.05, 4.69) is 5.32 Å². The van der Waals surface area contributed by atoms with Gasteiger partial charge in [0.2, 0.25) is 10.0 Å². The van der Waals surface area contributed by atoms with E-state index in [-0.39, 0.29) is 17.7 Å². The molecule has 1 atom stereocenters. The first-order chi connectivity index (χ1) is 11.3. The second-order valence-corrected chi connectivity index (χ2v) is 7.81. The topological polar surface area (TPSA) is 66.5 Å². The Morgan fingerprint density at radius 1 is 1.08 bits per heavy atom. The number of sulfonamides is 1. The first kappa shape index (κ1) is 18.0. The van der Waals surface area contributed by atoms with Gasteiger partial charge in [-0.2, -0.15) is 0 Å². The fourth-order valence-electron chi connectivity index (χ4n) is 2.28. The van der Waals surface area contributed by atoms with Gasteiger partial charge < -0.3 is 5.32 Å². The Labute approximate surface area is 143 Å². The van der Waals surface area contributed by atoms with Gasteiger partial charge in [-0.15, -0.1) is 0 Å². The van der Waals surface area contributed by atoms with Gasteiger partial charge in [-0.1, -0.05) is 30.3 Å². The minimum Gasteiger partial charge on any atom is -0.346 e. The molecule has 1 N–H and O–H groups in total. The first-order valence-electron chi connectivity index (χ1n) is 7.77. The van der Waals surface area contributed by atoms with E-state index in [0.29, 0.717) is 11.3 Å². The molecule has 128 valence electrons. The van der Waals surface area contributed by atoms with Crippen LogP contribution in [0.2, 0.25) is 0 Å². The fraction of sp³-hybridized carbons (Fsp3) is 0.278. The first-order valence-corrected chi connectivity index (χ1v) is 9.38. The fourth-order valence-corrected chi connectivity index (χ4v) is 3.11. The van der Waals surface area contributed by atoms with E-state index >= 15 is 0 Å². The summed E-state index contributed by atoms with van der Waals surface area (Å²) in [5, 5.41) is 2.93. The summed E-state index contributed by atoms with van der Waals surface area (Å²) in [7, 11) is -1.80. The molecule has 1 amide bonds. The molecule has 0 bridgehead atoms. The van der Waals surface area contributed by atoms with Crippen LogP contribution in [0, 0.1) is 0 Å². The summed E-state index contributed by atoms with van der Waals surface area (Å²) in [6.45, 7) is 3.52. The smallest absolute Gasteiger partial charge is 0.251 e. The van der Waals surface area contributed by atoms with Crippen molar-refractivity contribution in [1.29, 1.82) is 0 Å². The molecule has 0 saturated heterocycles. The van der Waals surface area contributed by atoms with E-state index < -0.39 is 10.0 Å². The summed E-state index contributed by atoms with van der Waals surface area (Å²) >= 11 is 0. The lowest BCUT2D eigenvalue weighted by Gasteiger charge is -2.19. The number of anilines is 1. The molecule has 0 saturated carbocycles. The van der Waals surface area contributed by atoms with Crippen molar-refractivity contribution in [3.8, 4) is 0 Å². The molecule has 0 heterocycles. The third-order valence-corrected chi connectivity index (χ3v) is 5.70. The zero-order valence-corrected chi connectivity index (χ0v) is 14.9. The monoisotopic (exact) mass is 346 g/mol. The number of carbonyl (C=O) groups is 1. The molecule has 0 radical (unpaired) electrons. The molecular weight excluding hydrogens is 324 g/mol. The van der Waals surface area contributed by atoms with Crippen molar-refractivity contribution in [2.45, 2.75) is 19.9 Å². The van der Waals surface area contributed by atoms with Gasteiger partial charge in [-0.3, -0.25) is 9.10 Å². The van der Waals surface area contributed by atoms with Gasteiger partial charge in [0.25, 0.3) is 5.91 Å². The van der Waals surface area contributed by atoms with Crippen LogP contribution in [0.3, 0.4) is 0 Å². The average Bonchev–Trinajstić information content (AvgIpc) is 2.61. The highest BCUT2D eigenvalue weighted by Crippen LogP contribution is 2.18. The third kappa shape index (κ3) is 4.14. The van der Waals surface area contributed by atoms with Crippen LogP contribution >= 0.6 is 0 Å². The van der Waals surface area contributed by atoms with Crippen molar-refractivity contribution in [3.63, 3.8) is 0 Å². The van der Waals surface area contributed by atoms with Crippen LogP contribution in [-0.4, -0.2) is 27.1 Å². The number of benzene rings is 2. The van der Waals surface area contributed by atoms with Crippen LogP contribution in [0.25, 0.3) is 0 Å². The van der Waals surface area contributed by atoms with Crippen LogP contribution in [-0.2, 0) is 10.0 Å². The number of hydrogen-bond acceptors (Lipinski definition) is 3. The second kappa shape index (κ2) is 7.49. The van der Waals surface area contributed by atoms with Crippen LogP contribution in [0.15, 0.2) is 54.6 Å². The van der Waals surface area contributed by atoms with Crippen molar-refractivity contribution in [2.75, 3.05) is 17.1 Å². The Bertz CT molecular complexity index is 787. The molecule has 0 aliphatic rings. The van der Waals surface area contributed by atoms with Crippen molar-refractivity contribution in [2.24, 2.45) is 0 Å². The van der Waals surface area contributed by atoms with Crippen LogP contribution in [0.5, 0.6) is 0 Å². The number of hydrogen-bond donors (Lipinski definition) is 1. The molecule has 0 aromatic heterocycles. The number of amides is 1. The van der Waals surface area contributed by atoms with Crippen LogP contribution < -0.4 is 9.62 Å². The molecular formula is C18H22N2O3S. The Morgan fingerprint density at radius 2 is 1.67 bits per heavy atom. The van der Waals surface area contributed by atoms with E-state index in [1.165, 1.54) is 11.4 Å². The molecule has 0 aliphatic heterocycles. The minimum atomic E-state index is -3.31. The summed E-state index contributed by atoms with van der Waals surface area (Å²) in [4.78, 5) is 12.3. The maximum Gasteiger partial charge on any atom is 0.251 e. The Kier molecular flexibility index (Phi) is 5.62. The SMILES string of the molecule is CCS(=O)(=O)N(C)c1ccc(C(=O)NC(C)c2ccccc2)cc1. The van der Waals surface area contributed by atoms with Crippen molar-refractivity contribution in [3.05, 3.63) is 65.7 Å². The van der Waals surface area contributed by atoms with E-state index in [1.807, 2.05) is 37.3 Å². The summed E-state index contributed by atoms with van der Waals surface area (Å²) in [5.74, 6) is -0.167. The van der Waals surface area contributed by atoms with Crippen molar-refractivity contribution >= 4 is 21.6 Å². The van der Waals surface area contributed by atoms with E-state index in [0.717, 1.165) is 5.56 Å². The Balaban J connectivity index is 2.09. The molecule has 2 rings (SSSR count). The van der Waals surface area contributed by atoms with Gasteiger partial charge in [0.15, 0.2) is 0 Å². The van der Waals surface area contributed by atoms with Crippen LogP contribution in [0.4, 0.5) is 5.69 Å². The summed E-state index contributed by atoms with van der Waals surface area (Å²) < 4.78 is 25.0. The zero-order valence-electron chi connectivity index (χ0n) is 14.1. The van der Waals surface area contributed by atoms with Gasteiger partial charge in [0, 0.05) is 12.6 Å². The van der Waals surface area contributed by atoms with Gasteiger partial charge in [0.05, 0.1) is 17.5 Å². The predicted molar refractivity (Wildman–Crippen MR) is 96.6 cm³/mol. The molecule has 2 aromatic rings. The van der Waals surface area contributed by atoms with Gasteiger partial charge in [-0.05, 0) is 43.7 Å². The van der Waals surface area contributed by atoms with E-state index in [4.69, 9.17) is 0 Å². The largest absolute Gasteiger partial charge is 0.346 e. The van der Waals surface area contributed by atoms with Crippen molar-refractivity contribution in [1.82, 2.24) is 5.32 Å². The molecule has 5 nitrogen and oxygen atoms in total. The van der Waals surface area contributed by atoms with E-state index in [1.54, 1.807) is 31.2 Å². The zero-order chi connectivity index (χ0) is 17.7. The van der Waals surface area contributed by atoms with Gasteiger partial charge in [-0.25, -0.2) is 8.42 Å². The molecule has 0 spiro atoms. The number of nitrogens with zero attached hydrogens (tertiary/aromatic N) is 1. The summed E-state index contributed by atoms with van der Waals surface area (Å²) in [6, 6.07) is 16.1. The standard InChI is InChI=1S/C18H22N2O3S/c1-4-24(22,23)20(3)17-12-10-16(11-13-17)18(21)19-14(2)15-8-6-5-7-9-15/h5-14H,4H2,1-3H3,(H,19,21). The highest BCUT2D eigenvalue weighted by molar-refractivity contribution is 7.92. The molecule has 24 heavy (non-hydrogen) atoms. The van der Waals surface area contributed by atoms with E-state index in [9.17, 15) is 13.2 Å². The quantitative estimate of drug-likeness (QED) is 0.874.